The highest BCUT2D eigenvalue weighted by Crippen LogP contribution is 2.22. The lowest BCUT2D eigenvalue weighted by Crippen LogP contribution is -2.27. The van der Waals surface area contributed by atoms with Crippen molar-refractivity contribution in [3.8, 4) is 0 Å². The van der Waals surface area contributed by atoms with Gasteiger partial charge in [-0.3, -0.25) is 10.0 Å². The van der Waals surface area contributed by atoms with Crippen LogP contribution >= 0.6 is 0 Å². The molecule has 1 heterocycles. The van der Waals surface area contributed by atoms with Gasteiger partial charge in [-0.1, -0.05) is 12.1 Å². The zero-order valence-corrected chi connectivity index (χ0v) is 14.3. The number of rotatable bonds is 8. The molecule has 0 radical (unpaired) electrons. The van der Waals surface area contributed by atoms with E-state index >= 15 is 0 Å². The molecule has 0 spiro atoms. The van der Waals surface area contributed by atoms with Crippen molar-refractivity contribution in [1.82, 2.24) is 5.32 Å². The topological polar surface area (TPSA) is 80.6 Å². The quantitative estimate of drug-likeness (QED) is 0.773. The minimum atomic E-state index is -3.26. The van der Waals surface area contributed by atoms with Crippen LogP contribution in [-0.4, -0.2) is 28.4 Å². The number of furan rings is 1. The van der Waals surface area contributed by atoms with E-state index < -0.39 is 10.0 Å². The van der Waals surface area contributed by atoms with E-state index in [2.05, 4.69) is 10.0 Å². The standard InChI is InChI=1S/C16H22N2O4S/c1-12(17-15(11-21-2)16-5-4-10-22-16)13-6-8-14(9-7-13)18-23(3,19)20/h4-10,12,15,17-18H,11H2,1-3H3/t12-,15-/m1/s1. The lowest BCUT2D eigenvalue weighted by molar-refractivity contribution is 0.152. The van der Waals surface area contributed by atoms with E-state index in [0.29, 0.717) is 12.3 Å². The summed E-state index contributed by atoms with van der Waals surface area (Å²) in [4.78, 5) is 0. The largest absolute Gasteiger partial charge is 0.468 e. The molecule has 1 aromatic carbocycles. The Bertz CT molecular complexity index is 696. The highest BCUT2D eigenvalue weighted by atomic mass is 32.2. The summed E-state index contributed by atoms with van der Waals surface area (Å²) in [6.07, 6.45) is 2.76. The molecule has 23 heavy (non-hydrogen) atoms. The van der Waals surface area contributed by atoms with Crippen molar-refractivity contribution in [2.75, 3.05) is 24.7 Å². The molecule has 2 atom stereocenters. The van der Waals surface area contributed by atoms with Gasteiger partial charge in [-0.05, 0) is 36.8 Å². The average molecular weight is 338 g/mol. The molecule has 0 amide bonds. The van der Waals surface area contributed by atoms with E-state index in [4.69, 9.17) is 9.15 Å². The van der Waals surface area contributed by atoms with E-state index in [1.165, 1.54) is 0 Å². The van der Waals surface area contributed by atoms with Gasteiger partial charge in [0.2, 0.25) is 10.0 Å². The molecule has 0 aliphatic heterocycles. The number of hydrogen-bond donors (Lipinski definition) is 2. The van der Waals surface area contributed by atoms with Crippen LogP contribution in [0.25, 0.3) is 0 Å². The fourth-order valence-electron chi connectivity index (χ4n) is 2.32. The molecule has 0 aliphatic rings. The molecule has 7 heteroatoms. The Morgan fingerprint density at radius 2 is 1.91 bits per heavy atom. The Kier molecular flexibility index (Phi) is 5.81. The smallest absolute Gasteiger partial charge is 0.229 e. The van der Waals surface area contributed by atoms with Crippen molar-refractivity contribution in [1.29, 1.82) is 0 Å². The SMILES string of the molecule is COC[C@@H](N[C@H](C)c1ccc(NS(C)(=O)=O)cc1)c1ccco1. The second-order valence-corrected chi connectivity index (χ2v) is 7.16. The number of methoxy groups -OCH3 is 1. The Morgan fingerprint density at radius 1 is 1.22 bits per heavy atom. The molecule has 2 rings (SSSR count). The number of ether oxygens (including phenoxy) is 1. The highest BCUT2D eigenvalue weighted by Gasteiger charge is 2.17. The van der Waals surface area contributed by atoms with Gasteiger partial charge < -0.3 is 9.15 Å². The molecule has 6 nitrogen and oxygen atoms in total. The van der Waals surface area contributed by atoms with Crippen molar-refractivity contribution in [3.05, 3.63) is 54.0 Å². The maximum atomic E-state index is 11.2. The van der Waals surface area contributed by atoms with Crippen LogP contribution in [0, 0.1) is 0 Å². The van der Waals surface area contributed by atoms with Gasteiger partial charge in [0.05, 0.1) is 25.2 Å². The molecular weight excluding hydrogens is 316 g/mol. The van der Waals surface area contributed by atoms with Crippen LogP contribution in [0.3, 0.4) is 0 Å². The summed E-state index contributed by atoms with van der Waals surface area (Å²) < 4.78 is 35.6. The molecule has 0 bridgehead atoms. The lowest BCUT2D eigenvalue weighted by atomic mass is 10.1. The molecule has 0 unspecified atom stereocenters. The van der Waals surface area contributed by atoms with Gasteiger partial charge in [-0.2, -0.15) is 0 Å². The van der Waals surface area contributed by atoms with Crippen LogP contribution in [0.4, 0.5) is 5.69 Å². The minimum Gasteiger partial charge on any atom is -0.468 e. The number of hydrogen-bond acceptors (Lipinski definition) is 5. The van der Waals surface area contributed by atoms with Crippen molar-refractivity contribution >= 4 is 15.7 Å². The Labute approximate surface area is 136 Å². The molecule has 2 aromatic rings. The summed E-state index contributed by atoms with van der Waals surface area (Å²) in [5, 5.41) is 3.45. The van der Waals surface area contributed by atoms with E-state index in [-0.39, 0.29) is 12.1 Å². The number of anilines is 1. The maximum Gasteiger partial charge on any atom is 0.229 e. The van der Waals surface area contributed by atoms with Gasteiger partial charge in [-0.25, -0.2) is 8.42 Å². The fraction of sp³-hybridized carbons (Fsp3) is 0.375. The van der Waals surface area contributed by atoms with Crippen LogP contribution in [-0.2, 0) is 14.8 Å². The fourth-order valence-corrected chi connectivity index (χ4v) is 2.88. The summed E-state index contributed by atoms with van der Waals surface area (Å²) >= 11 is 0. The second-order valence-electron chi connectivity index (χ2n) is 5.41. The Hall–Kier alpha value is -1.83. The van der Waals surface area contributed by atoms with Gasteiger partial charge >= 0.3 is 0 Å². The van der Waals surface area contributed by atoms with Crippen molar-refractivity contribution in [2.24, 2.45) is 0 Å². The van der Waals surface area contributed by atoms with Gasteiger partial charge in [0.15, 0.2) is 0 Å². The Morgan fingerprint density at radius 3 is 2.43 bits per heavy atom. The van der Waals surface area contributed by atoms with Crippen molar-refractivity contribution in [2.45, 2.75) is 19.0 Å². The van der Waals surface area contributed by atoms with Crippen LogP contribution in [0.2, 0.25) is 0 Å². The van der Waals surface area contributed by atoms with Crippen molar-refractivity contribution in [3.63, 3.8) is 0 Å². The first kappa shape index (κ1) is 17.5. The molecular formula is C16H22N2O4S. The summed E-state index contributed by atoms with van der Waals surface area (Å²) in [5.41, 5.74) is 1.58. The number of sulfonamides is 1. The first-order valence-electron chi connectivity index (χ1n) is 7.25. The van der Waals surface area contributed by atoms with E-state index in [0.717, 1.165) is 17.6 Å². The predicted molar refractivity (Wildman–Crippen MR) is 89.8 cm³/mol. The Balaban J connectivity index is 2.05. The lowest BCUT2D eigenvalue weighted by Gasteiger charge is -2.22. The first-order chi connectivity index (χ1) is 10.9. The zero-order valence-electron chi connectivity index (χ0n) is 13.4. The second kappa shape index (κ2) is 7.63. The third kappa shape index (κ3) is 5.38. The van der Waals surface area contributed by atoms with Gasteiger partial charge in [0, 0.05) is 18.8 Å². The summed E-state index contributed by atoms with van der Waals surface area (Å²) in [6, 6.07) is 11.0. The molecule has 0 aliphatic carbocycles. The zero-order chi connectivity index (χ0) is 16.9. The summed E-state index contributed by atoms with van der Waals surface area (Å²) in [7, 11) is -1.61. The van der Waals surface area contributed by atoms with Crippen LogP contribution in [0.5, 0.6) is 0 Å². The van der Waals surface area contributed by atoms with E-state index in [9.17, 15) is 8.42 Å². The van der Waals surface area contributed by atoms with Crippen LogP contribution < -0.4 is 10.0 Å². The molecule has 126 valence electrons. The van der Waals surface area contributed by atoms with E-state index in [1.54, 1.807) is 25.5 Å². The van der Waals surface area contributed by atoms with Crippen molar-refractivity contribution < 1.29 is 17.6 Å². The summed E-state index contributed by atoms with van der Waals surface area (Å²) in [5.74, 6) is 0.814. The molecule has 0 saturated heterocycles. The summed E-state index contributed by atoms with van der Waals surface area (Å²) in [6.45, 7) is 2.52. The maximum absolute atomic E-state index is 11.2. The van der Waals surface area contributed by atoms with Gasteiger partial charge in [0.25, 0.3) is 0 Å². The third-order valence-electron chi connectivity index (χ3n) is 3.39. The predicted octanol–water partition coefficient (Wildman–Crippen LogP) is 2.69. The van der Waals surface area contributed by atoms with Gasteiger partial charge in [0.1, 0.15) is 5.76 Å². The first-order valence-corrected chi connectivity index (χ1v) is 9.14. The monoisotopic (exact) mass is 338 g/mol. The third-order valence-corrected chi connectivity index (χ3v) is 3.99. The number of benzene rings is 1. The molecule has 0 saturated carbocycles. The average Bonchev–Trinajstić information content (AvgIpc) is 3.00. The highest BCUT2D eigenvalue weighted by molar-refractivity contribution is 7.92. The minimum absolute atomic E-state index is 0.0486. The molecule has 1 aromatic heterocycles. The van der Waals surface area contributed by atoms with Crippen LogP contribution in [0.15, 0.2) is 47.1 Å². The van der Waals surface area contributed by atoms with E-state index in [1.807, 2.05) is 31.2 Å². The molecule has 0 fully saturated rings. The number of nitrogens with one attached hydrogen (secondary N) is 2. The van der Waals surface area contributed by atoms with Crippen LogP contribution in [0.1, 0.15) is 30.3 Å². The van der Waals surface area contributed by atoms with Gasteiger partial charge in [-0.15, -0.1) is 0 Å². The molecule has 2 N–H and O–H groups in total. The normalized spacial score (nSPS) is 14.4.